The van der Waals surface area contributed by atoms with E-state index in [1.54, 1.807) is 30.3 Å². The second-order valence-electron chi connectivity index (χ2n) is 5.61. The first-order valence-corrected chi connectivity index (χ1v) is 10.0. The molecule has 0 fully saturated rings. The van der Waals surface area contributed by atoms with Crippen LogP contribution in [0.15, 0.2) is 46.8 Å². The zero-order chi connectivity index (χ0) is 20.8. The highest BCUT2D eigenvalue weighted by molar-refractivity contribution is 8.00. The molecule has 1 amide bonds. The number of aromatic nitrogens is 2. The van der Waals surface area contributed by atoms with Gasteiger partial charge < -0.3 is 9.47 Å². The van der Waals surface area contributed by atoms with E-state index in [4.69, 9.17) is 9.47 Å². The number of hydrogen-bond donors (Lipinski definition) is 1. The summed E-state index contributed by atoms with van der Waals surface area (Å²) in [4.78, 5) is 22.7. The molecule has 9 nitrogen and oxygen atoms in total. The lowest BCUT2D eigenvalue weighted by Crippen LogP contribution is -2.11. The van der Waals surface area contributed by atoms with E-state index in [2.05, 4.69) is 15.5 Å². The third-order valence-corrected chi connectivity index (χ3v) is 5.83. The first kappa shape index (κ1) is 20.6. The van der Waals surface area contributed by atoms with Gasteiger partial charge in [-0.25, -0.2) is 0 Å². The fraction of sp³-hybridized carbons (Fsp3) is 0.167. The monoisotopic (exact) mass is 432 g/mol. The van der Waals surface area contributed by atoms with Gasteiger partial charge in [0.05, 0.1) is 19.1 Å². The van der Waals surface area contributed by atoms with Crippen molar-refractivity contribution in [2.24, 2.45) is 0 Å². The molecule has 2 aromatic carbocycles. The number of methoxy groups -OCH3 is 2. The molecule has 0 aliphatic carbocycles. The van der Waals surface area contributed by atoms with E-state index in [1.807, 2.05) is 0 Å². The van der Waals surface area contributed by atoms with Crippen LogP contribution in [0.1, 0.15) is 15.9 Å². The van der Waals surface area contributed by atoms with Crippen molar-refractivity contribution in [3.8, 4) is 11.5 Å². The minimum atomic E-state index is -0.435. The standard InChI is InChI=1S/C18H16N4O5S2/c1-26-14-8-5-12(9-15(14)27-2)16(23)19-17-20-21-18(29-17)28-10-11-3-6-13(7-4-11)22(24)25/h3-9H,10H2,1-2H3,(H,19,20,23). The second kappa shape index (κ2) is 9.34. The molecule has 150 valence electrons. The average molecular weight is 432 g/mol. The van der Waals surface area contributed by atoms with E-state index >= 15 is 0 Å². The highest BCUT2D eigenvalue weighted by Gasteiger charge is 2.14. The minimum Gasteiger partial charge on any atom is -0.493 e. The van der Waals surface area contributed by atoms with Crippen LogP contribution in [0.2, 0.25) is 0 Å². The lowest BCUT2D eigenvalue weighted by Gasteiger charge is -2.08. The summed E-state index contributed by atoms with van der Waals surface area (Å²) in [5, 5.41) is 21.8. The van der Waals surface area contributed by atoms with Gasteiger partial charge in [-0.2, -0.15) is 0 Å². The molecule has 0 aliphatic heterocycles. The summed E-state index contributed by atoms with van der Waals surface area (Å²) < 4.78 is 11.0. The van der Waals surface area contributed by atoms with Gasteiger partial charge in [-0.1, -0.05) is 35.2 Å². The Bertz CT molecular complexity index is 1020. The smallest absolute Gasteiger partial charge is 0.269 e. The van der Waals surface area contributed by atoms with Crippen molar-refractivity contribution in [3.05, 3.63) is 63.7 Å². The van der Waals surface area contributed by atoms with Gasteiger partial charge in [-0.05, 0) is 23.8 Å². The predicted octanol–water partition coefficient (Wildman–Crippen LogP) is 4.01. The number of nitrogens with one attached hydrogen (secondary N) is 1. The summed E-state index contributed by atoms with van der Waals surface area (Å²) in [6.07, 6.45) is 0. The largest absolute Gasteiger partial charge is 0.493 e. The molecule has 29 heavy (non-hydrogen) atoms. The Morgan fingerprint density at radius 3 is 2.52 bits per heavy atom. The number of non-ortho nitro benzene ring substituents is 1. The summed E-state index contributed by atoms with van der Waals surface area (Å²) in [5.41, 5.74) is 1.37. The highest BCUT2D eigenvalue weighted by atomic mass is 32.2. The molecule has 0 bridgehead atoms. The molecule has 1 N–H and O–H groups in total. The number of amides is 1. The Morgan fingerprint density at radius 1 is 1.14 bits per heavy atom. The van der Waals surface area contributed by atoms with Crippen molar-refractivity contribution >= 4 is 39.8 Å². The van der Waals surface area contributed by atoms with Crippen molar-refractivity contribution < 1.29 is 19.2 Å². The average Bonchev–Trinajstić information content (AvgIpc) is 3.19. The zero-order valence-electron chi connectivity index (χ0n) is 15.4. The van der Waals surface area contributed by atoms with E-state index in [1.165, 1.54) is 49.5 Å². The molecule has 3 aromatic rings. The van der Waals surface area contributed by atoms with E-state index < -0.39 is 4.92 Å². The van der Waals surface area contributed by atoms with E-state index in [-0.39, 0.29) is 11.6 Å². The number of hydrogen-bond acceptors (Lipinski definition) is 9. The molecule has 1 aromatic heterocycles. The third kappa shape index (κ3) is 5.21. The van der Waals surface area contributed by atoms with E-state index in [9.17, 15) is 14.9 Å². The molecular formula is C18H16N4O5S2. The number of rotatable bonds is 8. The normalized spacial score (nSPS) is 10.4. The Hall–Kier alpha value is -3.18. The maximum absolute atomic E-state index is 12.4. The number of benzene rings is 2. The fourth-order valence-corrected chi connectivity index (χ4v) is 4.03. The number of nitro benzene ring substituents is 1. The fourth-order valence-electron chi connectivity index (χ4n) is 2.32. The molecule has 0 radical (unpaired) electrons. The second-order valence-corrected chi connectivity index (χ2v) is 7.81. The van der Waals surface area contributed by atoms with E-state index in [0.29, 0.717) is 32.3 Å². The van der Waals surface area contributed by atoms with Crippen LogP contribution in [-0.4, -0.2) is 35.2 Å². The summed E-state index contributed by atoms with van der Waals surface area (Å²) >= 11 is 2.68. The van der Waals surface area contributed by atoms with Crippen LogP contribution >= 0.6 is 23.1 Å². The van der Waals surface area contributed by atoms with Gasteiger partial charge in [0.25, 0.3) is 11.6 Å². The molecule has 1 heterocycles. The Morgan fingerprint density at radius 2 is 1.86 bits per heavy atom. The number of carbonyl (C=O) groups excluding carboxylic acids is 1. The third-order valence-electron chi connectivity index (χ3n) is 3.78. The van der Waals surface area contributed by atoms with E-state index in [0.717, 1.165) is 5.56 Å². The van der Waals surface area contributed by atoms with Crippen molar-refractivity contribution in [3.63, 3.8) is 0 Å². The van der Waals surface area contributed by atoms with Crippen molar-refractivity contribution in [2.45, 2.75) is 10.1 Å². The first-order chi connectivity index (χ1) is 14.0. The lowest BCUT2D eigenvalue weighted by molar-refractivity contribution is -0.384. The number of nitrogens with zero attached hydrogens (tertiary/aromatic N) is 3. The van der Waals surface area contributed by atoms with Gasteiger partial charge in [0.2, 0.25) is 5.13 Å². The Labute approximate surface area is 174 Å². The molecular weight excluding hydrogens is 416 g/mol. The van der Waals surface area contributed by atoms with Crippen LogP contribution in [0, 0.1) is 10.1 Å². The van der Waals surface area contributed by atoms with Crippen LogP contribution < -0.4 is 14.8 Å². The maximum Gasteiger partial charge on any atom is 0.269 e. The first-order valence-electron chi connectivity index (χ1n) is 8.23. The zero-order valence-corrected chi connectivity index (χ0v) is 17.1. The SMILES string of the molecule is COc1ccc(C(=O)Nc2nnc(SCc3ccc([N+](=O)[O-])cc3)s2)cc1OC. The number of thioether (sulfide) groups is 1. The molecule has 0 unspecified atom stereocenters. The minimum absolute atomic E-state index is 0.0508. The maximum atomic E-state index is 12.4. The van der Waals surface area contributed by atoms with Crippen LogP contribution in [-0.2, 0) is 5.75 Å². The van der Waals surface area contributed by atoms with Gasteiger partial charge in [-0.15, -0.1) is 10.2 Å². The quantitative estimate of drug-likeness (QED) is 0.246. The Balaban J connectivity index is 1.59. The molecule has 0 saturated carbocycles. The van der Waals surface area contributed by atoms with Gasteiger partial charge >= 0.3 is 0 Å². The van der Waals surface area contributed by atoms with Crippen molar-refractivity contribution in [1.82, 2.24) is 10.2 Å². The molecule has 11 heteroatoms. The van der Waals surface area contributed by atoms with Gasteiger partial charge in [0.1, 0.15) is 0 Å². The van der Waals surface area contributed by atoms with Crippen LogP contribution in [0.3, 0.4) is 0 Å². The van der Waals surface area contributed by atoms with Crippen LogP contribution in [0.5, 0.6) is 11.5 Å². The number of nitro groups is 1. The van der Waals surface area contributed by atoms with Gasteiger partial charge in [0, 0.05) is 23.4 Å². The molecule has 0 spiro atoms. The van der Waals surface area contributed by atoms with Crippen LogP contribution in [0.4, 0.5) is 10.8 Å². The Kier molecular flexibility index (Phi) is 6.62. The molecule has 0 atom stereocenters. The lowest BCUT2D eigenvalue weighted by atomic mass is 10.2. The summed E-state index contributed by atoms with van der Waals surface area (Å²) in [7, 11) is 3.02. The summed E-state index contributed by atoms with van der Waals surface area (Å²) in [5.74, 6) is 1.23. The van der Waals surface area contributed by atoms with Crippen molar-refractivity contribution in [2.75, 3.05) is 19.5 Å². The highest BCUT2D eigenvalue weighted by Crippen LogP contribution is 2.30. The number of carbonyl (C=O) groups is 1. The summed E-state index contributed by atoms with van der Waals surface area (Å²) in [6, 6.07) is 11.2. The van der Waals surface area contributed by atoms with Gasteiger partial charge in [0.15, 0.2) is 15.8 Å². The predicted molar refractivity (Wildman–Crippen MR) is 110 cm³/mol. The van der Waals surface area contributed by atoms with Gasteiger partial charge in [-0.3, -0.25) is 20.2 Å². The van der Waals surface area contributed by atoms with Crippen LogP contribution in [0.25, 0.3) is 0 Å². The molecule has 3 rings (SSSR count). The molecule has 0 saturated heterocycles. The van der Waals surface area contributed by atoms with Crippen molar-refractivity contribution in [1.29, 1.82) is 0 Å². The number of ether oxygens (including phenoxy) is 2. The number of anilines is 1. The molecule has 0 aliphatic rings. The summed E-state index contributed by atoms with van der Waals surface area (Å²) in [6.45, 7) is 0. The topological polar surface area (TPSA) is 116 Å².